The fourth-order valence-electron chi connectivity index (χ4n) is 1.37. The van der Waals surface area contributed by atoms with Crippen LogP contribution in [0.15, 0.2) is 16.6 Å². The van der Waals surface area contributed by atoms with Gasteiger partial charge in [-0.05, 0) is 35.8 Å². The minimum atomic E-state index is -0.894. The number of nitrogens with zero attached hydrogens (tertiary/aromatic N) is 1. The van der Waals surface area contributed by atoms with E-state index in [0.29, 0.717) is 16.6 Å². The first kappa shape index (κ1) is 15.1. The van der Waals surface area contributed by atoms with Gasteiger partial charge in [0, 0.05) is 50.6 Å². The van der Waals surface area contributed by atoms with Crippen LogP contribution in [0.3, 0.4) is 0 Å². The molecule has 5 nitrogen and oxygen atoms in total. The lowest BCUT2D eigenvalue weighted by molar-refractivity contribution is -0.385. The van der Waals surface area contributed by atoms with E-state index in [1.165, 1.54) is 6.07 Å². The molecule has 1 aromatic carbocycles. The predicted molar refractivity (Wildman–Crippen MR) is 77.6 cm³/mol. The lowest BCUT2D eigenvalue weighted by atomic mass is 10.2. The summed E-state index contributed by atoms with van der Waals surface area (Å²) in [5.41, 5.74) is 1.45. The molecular weight excluding hydrogens is 320 g/mol. The zero-order chi connectivity index (χ0) is 13.9. The monoisotopic (exact) mass is 334 g/mol. The standard InChI is InChI=1S/C11H15BrN2O3S/c1-7-4-10(13-6-8(2)18(3)17)9(12)5-11(7)14(15)16/h4-5,8,13H,6H2,1-3H3. The van der Waals surface area contributed by atoms with Gasteiger partial charge in [0.05, 0.1) is 4.92 Å². The highest BCUT2D eigenvalue weighted by molar-refractivity contribution is 9.10. The van der Waals surface area contributed by atoms with Crippen LogP contribution in [0.5, 0.6) is 0 Å². The minimum Gasteiger partial charge on any atom is -0.383 e. The van der Waals surface area contributed by atoms with Gasteiger partial charge in [-0.15, -0.1) is 0 Å². The van der Waals surface area contributed by atoms with Crippen molar-refractivity contribution in [3.8, 4) is 0 Å². The zero-order valence-corrected chi connectivity index (χ0v) is 12.8. The molecule has 18 heavy (non-hydrogen) atoms. The van der Waals surface area contributed by atoms with E-state index >= 15 is 0 Å². The van der Waals surface area contributed by atoms with E-state index < -0.39 is 15.7 Å². The Bertz CT molecular complexity index is 493. The molecule has 0 bridgehead atoms. The zero-order valence-electron chi connectivity index (χ0n) is 10.4. The number of nitrogens with one attached hydrogen (secondary N) is 1. The molecule has 0 spiro atoms. The molecule has 1 N–H and O–H groups in total. The summed E-state index contributed by atoms with van der Waals surface area (Å²) in [4.78, 5) is 10.4. The third kappa shape index (κ3) is 3.78. The maximum atomic E-state index is 11.2. The van der Waals surface area contributed by atoms with Gasteiger partial charge in [-0.1, -0.05) is 0 Å². The molecule has 2 unspecified atom stereocenters. The highest BCUT2D eigenvalue weighted by Crippen LogP contribution is 2.30. The number of hydrogen-bond donors (Lipinski definition) is 1. The molecule has 0 aliphatic heterocycles. The van der Waals surface area contributed by atoms with Crippen LogP contribution in [0.25, 0.3) is 0 Å². The smallest absolute Gasteiger partial charge is 0.273 e. The summed E-state index contributed by atoms with van der Waals surface area (Å²) in [6, 6.07) is 3.19. The molecule has 0 aromatic heterocycles. The molecule has 0 amide bonds. The Balaban J connectivity index is 2.88. The first-order valence-electron chi connectivity index (χ1n) is 5.33. The van der Waals surface area contributed by atoms with Crippen LogP contribution in [-0.4, -0.2) is 27.2 Å². The molecule has 7 heteroatoms. The summed E-state index contributed by atoms with van der Waals surface area (Å²) >= 11 is 3.29. The summed E-state index contributed by atoms with van der Waals surface area (Å²) in [6.07, 6.45) is 1.66. The van der Waals surface area contributed by atoms with E-state index in [2.05, 4.69) is 21.2 Å². The number of hydrogen-bond acceptors (Lipinski definition) is 4. The highest BCUT2D eigenvalue weighted by Gasteiger charge is 2.14. The SMILES string of the molecule is Cc1cc(NCC(C)S(C)=O)c(Br)cc1[N+](=O)[O-]. The molecule has 0 heterocycles. The maximum absolute atomic E-state index is 11.2. The molecule has 1 aromatic rings. The van der Waals surface area contributed by atoms with Gasteiger partial charge in [0.25, 0.3) is 5.69 Å². The van der Waals surface area contributed by atoms with E-state index in [9.17, 15) is 14.3 Å². The minimum absolute atomic E-state index is 0.0207. The van der Waals surface area contributed by atoms with Gasteiger partial charge in [0.2, 0.25) is 0 Å². The van der Waals surface area contributed by atoms with Crippen molar-refractivity contribution in [3.63, 3.8) is 0 Å². The Morgan fingerprint density at radius 2 is 2.17 bits per heavy atom. The first-order valence-corrected chi connectivity index (χ1v) is 7.75. The molecule has 0 saturated heterocycles. The van der Waals surface area contributed by atoms with Gasteiger partial charge in [-0.25, -0.2) is 0 Å². The summed E-state index contributed by atoms with van der Waals surface area (Å²) in [5, 5.41) is 13.9. The quantitative estimate of drug-likeness (QED) is 0.663. The summed E-state index contributed by atoms with van der Waals surface area (Å²) in [5.74, 6) is 0. The van der Waals surface area contributed by atoms with E-state index in [0.717, 1.165) is 5.69 Å². The van der Waals surface area contributed by atoms with Crippen molar-refractivity contribution in [2.75, 3.05) is 18.1 Å². The van der Waals surface area contributed by atoms with Crippen LogP contribution in [0, 0.1) is 17.0 Å². The van der Waals surface area contributed by atoms with Crippen molar-refractivity contribution in [3.05, 3.63) is 32.3 Å². The normalized spacial score (nSPS) is 14.0. The van der Waals surface area contributed by atoms with Crippen LogP contribution in [-0.2, 0) is 10.8 Å². The van der Waals surface area contributed by atoms with Gasteiger partial charge in [0.15, 0.2) is 0 Å². The topological polar surface area (TPSA) is 72.2 Å². The van der Waals surface area contributed by atoms with Gasteiger partial charge in [-0.3, -0.25) is 14.3 Å². The first-order chi connectivity index (χ1) is 8.32. The molecule has 0 saturated carbocycles. The number of rotatable bonds is 5. The van der Waals surface area contributed by atoms with Crippen molar-refractivity contribution in [1.29, 1.82) is 0 Å². The fourth-order valence-corrected chi connectivity index (χ4v) is 2.16. The van der Waals surface area contributed by atoms with E-state index in [4.69, 9.17) is 0 Å². The lowest BCUT2D eigenvalue weighted by Crippen LogP contribution is -2.20. The molecule has 0 aliphatic carbocycles. The molecule has 100 valence electrons. The third-order valence-electron chi connectivity index (χ3n) is 2.63. The van der Waals surface area contributed by atoms with Gasteiger partial charge < -0.3 is 5.32 Å². The molecule has 0 fully saturated rings. The Hall–Kier alpha value is -0.950. The van der Waals surface area contributed by atoms with E-state index in [1.54, 1.807) is 19.2 Å². The largest absolute Gasteiger partial charge is 0.383 e. The van der Waals surface area contributed by atoms with Crippen molar-refractivity contribution < 1.29 is 9.13 Å². The number of anilines is 1. The highest BCUT2D eigenvalue weighted by atomic mass is 79.9. The Labute approximate surface area is 117 Å². The molecule has 2 atom stereocenters. The van der Waals surface area contributed by atoms with E-state index in [1.807, 2.05) is 6.92 Å². The van der Waals surface area contributed by atoms with Crippen LogP contribution in [0.4, 0.5) is 11.4 Å². The van der Waals surface area contributed by atoms with Crippen LogP contribution < -0.4 is 5.32 Å². The second kappa shape index (κ2) is 6.29. The van der Waals surface area contributed by atoms with Crippen LogP contribution in [0.1, 0.15) is 12.5 Å². The Morgan fingerprint density at radius 1 is 1.56 bits per heavy atom. The summed E-state index contributed by atoms with van der Waals surface area (Å²) in [7, 11) is -0.894. The Kier molecular flexibility index (Phi) is 5.28. The van der Waals surface area contributed by atoms with Crippen molar-refractivity contribution in [1.82, 2.24) is 0 Å². The summed E-state index contributed by atoms with van der Waals surface area (Å²) in [6.45, 7) is 4.13. The van der Waals surface area contributed by atoms with E-state index in [-0.39, 0.29) is 10.9 Å². The Morgan fingerprint density at radius 3 is 2.67 bits per heavy atom. The summed E-state index contributed by atoms with van der Waals surface area (Å²) < 4.78 is 11.9. The van der Waals surface area contributed by atoms with Gasteiger partial charge in [-0.2, -0.15) is 0 Å². The van der Waals surface area contributed by atoms with Crippen molar-refractivity contribution in [2.24, 2.45) is 0 Å². The van der Waals surface area contributed by atoms with Crippen molar-refractivity contribution in [2.45, 2.75) is 19.1 Å². The fraction of sp³-hybridized carbons (Fsp3) is 0.455. The van der Waals surface area contributed by atoms with Crippen LogP contribution >= 0.6 is 15.9 Å². The number of aryl methyl sites for hydroxylation is 1. The number of nitro groups is 1. The third-order valence-corrected chi connectivity index (χ3v) is 4.58. The molecular formula is C11H15BrN2O3S. The van der Waals surface area contributed by atoms with Crippen LogP contribution in [0.2, 0.25) is 0 Å². The average Bonchev–Trinajstić information content (AvgIpc) is 2.28. The number of benzene rings is 1. The lowest BCUT2D eigenvalue weighted by Gasteiger charge is -2.13. The second-order valence-electron chi connectivity index (χ2n) is 4.07. The number of halogens is 1. The van der Waals surface area contributed by atoms with Gasteiger partial charge in [0.1, 0.15) is 0 Å². The second-order valence-corrected chi connectivity index (χ2v) is 6.72. The number of nitro benzene ring substituents is 1. The molecule has 0 aliphatic rings. The molecule has 0 radical (unpaired) electrons. The molecule has 1 rings (SSSR count). The van der Waals surface area contributed by atoms with Gasteiger partial charge >= 0.3 is 0 Å². The maximum Gasteiger partial charge on any atom is 0.273 e. The van der Waals surface area contributed by atoms with Crippen molar-refractivity contribution >= 4 is 38.1 Å². The average molecular weight is 335 g/mol. The predicted octanol–water partition coefficient (Wildman–Crippen LogP) is 2.84.